The number of ether oxygens (including phenoxy) is 1. The number of nitrogens with two attached hydrogens (primary N) is 1. The van der Waals surface area contributed by atoms with Gasteiger partial charge in [0.25, 0.3) is 0 Å². The van der Waals surface area contributed by atoms with Gasteiger partial charge in [0.2, 0.25) is 0 Å². The molecule has 0 saturated heterocycles. The summed E-state index contributed by atoms with van der Waals surface area (Å²) in [4.78, 5) is 0. The first-order chi connectivity index (χ1) is 6.79. The minimum absolute atomic E-state index is 0.460. The van der Waals surface area contributed by atoms with Crippen LogP contribution in [0.25, 0.3) is 0 Å². The third-order valence-corrected chi connectivity index (χ3v) is 4.02. The fourth-order valence-corrected chi connectivity index (χ4v) is 3.01. The van der Waals surface area contributed by atoms with Crippen LogP contribution in [-0.4, -0.2) is 19.8 Å². The molecule has 2 atom stereocenters. The maximum atomic E-state index is 5.91. The van der Waals surface area contributed by atoms with Crippen molar-refractivity contribution in [2.45, 2.75) is 39.0 Å². The molecule has 0 aromatic carbocycles. The Labute approximate surface area is 87.2 Å². The molecule has 0 aliphatic heterocycles. The van der Waals surface area contributed by atoms with Crippen LogP contribution in [0.4, 0.5) is 0 Å². The van der Waals surface area contributed by atoms with Crippen LogP contribution >= 0.6 is 0 Å². The number of fused-ring (bicyclic) bond motifs is 1. The Morgan fingerprint density at radius 1 is 1.29 bits per heavy atom. The molecule has 2 aliphatic rings. The molecular formula is C12H23NO. The van der Waals surface area contributed by atoms with Crippen molar-refractivity contribution in [3.8, 4) is 0 Å². The van der Waals surface area contributed by atoms with E-state index in [4.69, 9.17) is 10.5 Å². The fourth-order valence-electron chi connectivity index (χ4n) is 3.01. The Balaban J connectivity index is 1.70. The predicted octanol–water partition coefficient (Wildman–Crippen LogP) is 2.18. The molecule has 0 heterocycles. The second-order valence-corrected chi connectivity index (χ2v) is 5.23. The first-order valence-electron chi connectivity index (χ1n) is 6.07. The van der Waals surface area contributed by atoms with E-state index >= 15 is 0 Å². The Kier molecular flexibility index (Phi) is 3.13. The maximum Gasteiger partial charge on any atom is 0.0471 e. The highest BCUT2D eigenvalue weighted by Gasteiger charge is 2.52. The minimum Gasteiger partial charge on any atom is -0.381 e. The lowest BCUT2D eigenvalue weighted by Gasteiger charge is -2.29. The molecule has 2 rings (SSSR count). The topological polar surface area (TPSA) is 35.2 Å². The van der Waals surface area contributed by atoms with Crippen LogP contribution < -0.4 is 5.73 Å². The third kappa shape index (κ3) is 2.12. The molecule has 2 fully saturated rings. The molecule has 0 spiro atoms. The molecule has 2 N–H and O–H groups in total. The summed E-state index contributed by atoms with van der Waals surface area (Å²) >= 11 is 0. The van der Waals surface area contributed by atoms with Crippen LogP contribution in [-0.2, 0) is 4.74 Å². The van der Waals surface area contributed by atoms with Crippen LogP contribution in [0.2, 0.25) is 0 Å². The predicted molar refractivity (Wildman–Crippen MR) is 58.0 cm³/mol. The molecule has 2 nitrogen and oxygen atoms in total. The lowest BCUT2D eigenvalue weighted by molar-refractivity contribution is 0.0929. The molecule has 2 heteroatoms. The lowest BCUT2D eigenvalue weighted by atomic mass is 9.80. The van der Waals surface area contributed by atoms with Gasteiger partial charge in [-0.25, -0.2) is 0 Å². The van der Waals surface area contributed by atoms with Crippen molar-refractivity contribution in [1.82, 2.24) is 0 Å². The van der Waals surface area contributed by atoms with Gasteiger partial charge in [0.05, 0.1) is 0 Å². The molecule has 2 unspecified atom stereocenters. The molecule has 0 aromatic heterocycles. The van der Waals surface area contributed by atoms with Gasteiger partial charge < -0.3 is 10.5 Å². The first-order valence-corrected chi connectivity index (χ1v) is 6.07. The highest BCUT2D eigenvalue weighted by Crippen LogP contribution is 2.60. The van der Waals surface area contributed by atoms with E-state index in [9.17, 15) is 0 Å². The maximum absolute atomic E-state index is 5.91. The molecule has 0 aromatic rings. The van der Waals surface area contributed by atoms with E-state index in [0.29, 0.717) is 5.41 Å². The molecule has 0 bridgehead atoms. The monoisotopic (exact) mass is 197 g/mol. The van der Waals surface area contributed by atoms with Crippen LogP contribution in [0.15, 0.2) is 0 Å². The number of hydrogen-bond acceptors (Lipinski definition) is 2. The van der Waals surface area contributed by atoms with Crippen molar-refractivity contribution in [2.75, 3.05) is 19.8 Å². The average molecular weight is 197 g/mol. The Bertz CT molecular complexity index is 183. The Morgan fingerprint density at radius 2 is 2.00 bits per heavy atom. The van der Waals surface area contributed by atoms with Gasteiger partial charge in [0.1, 0.15) is 0 Å². The van der Waals surface area contributed by atoms with Gasteiger partial charge in [0.15, 0.2) is 0 Å². The second kappa shape index (κ2) is 4.19. The van der Waals surface area contributed by atoms with E-state index in [1.807, 2.05) is 0 Å². The normalized spacial score (nSPS) is 39.9. The van der Waals surface area contributed by atoms with E-state index in [0.717, 1.165) is 38.0 Å². The largest absolute Gasteiger partial charge is 0.381 e. The number of rotatable bonds is 6. The van der Waals surface area contributed by atoms with Crippen LogP contribution in [0.3, 0.4) is 0 Å². The van der Waals surface area contributed by atoms with E-state index < -0.39 is 0 Å². The molecule has 14 heavy (non-hydrogen) atoms. The van der Waals surface area contributed by atoms with Crippen molar-refractivity contribution in [3.05, 3.63) is 0 Å². The van der Waals surface area contributed by atoms with E-state index in [1.54, 1.807) is 0 Å². The zero-order valence-electron chi connectivity index (χ0n) is 9.30. The number of hydrogen-bond donors (Lipinski definition) is 1. The van der Waals surface area contributed by atoms with Crippen LogP contribution in [0.5, 0.6) is 0 Å². The van der Waals surface area contributed by atoms with Crippen molar-refractivity contribution < 1.29 is 4.74 Å². The lowest BCUT2D eigenvalue weighted by Crippen LogP contribution is -2.30. The summed E-state index contributed by atoms with van der Waals surface area (Å²) < 4.78 is 5.57. The molecule has 0 radical (unpaired) electrons. The zero-order chi connectivity index (χ0) is 10.0. The average Bonchev–Trinajstić information content (AvgIpc) is 2.82. The SMILES string of the molecule is CCCOCCC1(CN)CC2CC2C1. The summed E-state index contributed by atoms with van der Waals surface area (Å²) in [5.74, 6) is 2.06. The van der Waals surface area contributed by atoms with Gasteiger partial charge in [-0.2, -0.15) is 0 Å². The van der Waals surface area contributed by atoms with Crippen LogP contribution in [0.1, 0.15) is 39.0 Å². The van der Waals surface area contributed by atoms with E-state index in [-0.39, 0.29) is 0 Å². The summed E-state index contributed by atoms with van der Waals surface area (Å²) in [6.07, 6.45) is 6.56. The Morgan fingerprint density at radius 3 is 2.57 bits per heavy atom. The summed E-state index contributed by atoms with van der Waals surface area (Å²) in [6, 6.07) is 0. The minimum atomic E-state index is 0.460. The van der Waals surface area contributed by atoms with E-state index in [1.165, 1.54) is 25.7 Å². The summed E-state index contributed by atoms with van der Waals surface area (Å²) in [5, 5.41) is 0. The van der Waals surface area contributed by atoms with E-state index in [2.05, 4.69) is 6.92 Å². The molecular weight excluding hydrogens is 174 g/mol. The molecule has 2 aliphatic carbocycles. The van der Waals surface area contributed by atoms with Crippen molar-refractivity contribution in [2.24, 2.45) is 23.0 Å². The summed E-state index contributed by atoms with van der Waals surface area (Å²) in [7, 11) is 0. The highest BCUT2D eigenvalue weighted by atomic mass is 16.5. The van der Waals surface area contributed by atoms with Gasteiger partial charge in [-0.3, -0.25) is 0 Å². The summed E-state index contributed by atoms with van der Waals surface area (Å²) in [6.45, 7) is 4.86. The Hall–Kier alpha value is -0.0800. The summed E-state index contributed by atoms with van der Waals surface area (Å²) in [5.41, 5.74) is 6.37. The first kappa shape index (κ1) is 10.4. The van der Waals surface area contributed by atoms with Crippen molar-refractivity contribution in [1.29, 1.82) is 0 Å². The molecule has 82 valence electrons. The molecule has 2 saturated carbocycles. The second-order valence-electron chi connectivity index (χ2n) is 5.23. The van der Waals surface area contributed by atoms with Crippen LogP contribution in [0, 0.1) is 17.3 Å². The fraction of sp³-hybridized carbons (Fsp3) is 1.00. The van der Waals surface area contributed by atoms with Gasteiger partial charge in [0, 0.05) is 13.2 Å². The van der Waals surface area contributed by atoms with Crippen molar-refractivity contribution in [3.63, 3.8) is 0 Å². The van der Waals surface area contributed by atoms with Crippen molar-refractivity contribution >= 4 is 0 Å². The van der Waals surface area contributed by atoms with Gasteiger partial charge in [-0.05, 0) is 55.9 Å². The third-order valence-electron chi connectivity index (χ3n) is 4.02. The van der Waals surface area contributed by atoms with Gasteiger partial charge in [-0.1, -0.05) is 6.92 Å². The smallest absolute Gasteiger partial charge is 0.0471 e. The van der Waals surface area contributed by atoms with Gasteiger partial charge in [-0.15, -0.1) is 0 Å². The highest BCUT2D eigenvalue weighted by molar-refractivity contribution is 5.03. The standard InChI is InChI=1S/C12H23NO/c1-2-4-14-5-3-12(9-13)7-10-6-11(10)8-12/h10-11H,2-9,13H2,1H3. The quantitative estimate of drug-likeness (QED) is 0.662. The molecule has 0 amide bonds. The zero-order valence-corrected chi connectivity index (χ0v) is 9.30. The van der Waals surface area contributed by atoms with Gasteiger partial charge >= 0.3 is 0 Å².